The minimum atomic E-state index is 0.0259. The van der Waals surface area contributed by atoms with Gasteiger partial charge < -0.3 is 15.0 Å². The topological polar surface area (TPSA) is 41.6 Å². The Hall–Kier alpha value is -0.870. The number of ether oxygens (including phenoxy) is 1. The van der Waals surface area contributed by atoms with E-state index in [4.69, 9.17) is 4.74 Å². The maximum atomic E-state index is 12.4. The lowest BCUT2D eigenvalue weighted by molar-refractivity contribution is -0.146. The Morgan fingerprint density at radius 3 is 2.96 bits per heavy atom. The molecule has 0 amide bonds. The number of fused-ring (bicyclic) bond motifs is 2. The van der Waals surface area contributed by atoms with Crippen molar-refractivity contribution in [3.63, 3.8) is 0 Å². The number of nitrogens with zero attached hydrogens (tertiary/aromatic N) is 1. The molecule has 1 heterocycles. The SMILES string of the molecule is C=C1CCC[C@]2(C)C[C@H]3OC(=O)[C@@H](CNCCCN(C)C)[C@H]3C[C@@H]12. The average molecular weight is 335 g/mol. The van der Waals surface area contributed by atoms with E-state index >= 15 is 0 Å². The van der Waals surface area contributed by atoms with Gasteiger partial charge in [0.15, 0.2) is 0 Å². The first kappa shape index (κ1) is 17.9. The van der Waals surface area contributed by atoms with Gasteiger partial charge >= 0.3 is 5.97 Å². The van der Waals surface area contributed by atoms with Crippen LogP contribution in [-0.2, 0) is 9.53 Å². The smallest absolute Gasteiger partial charge is 0.310 e. The maximum Gasteiger partial charge on any atom is 0.310 e. The number of carbonyl (C=O) groups is 1. The number of carbonyl (C=O) groups excluding carboxylic acids is 1. The van der Waals surface area contributed by atoms with E-state index in [1.165, 1.54) is 24.8 Å². The van der Waals surface area contributed by atoms with Gasteiger partial charge in [-0.05, 0) is 77.0 Å². The van der Waals surface area contributed by atoms with Gasteiger partial charge in [-0.25, -0.2) is 0 Å². The van der Waals surface area contributed by atoms with Crippen molar-refractivity contribution >= 4 is 5.97 Å². The summed E-state index contributed by atoms with van der Waals surface area (Å²) in [7, 11) is 4.18. The number of nitrogens with one attached hydrogen (secondary N) is 1. The van der Waals surface area contributed by atoms with Crippen LogP contribution in [0.15, 0.2) is 12.2 Å². The van der Waals surface area contributed by atoms with E-state index in [1.54, 1.807) is 0 Å². The molecule has 0 aromatic rings. The monoisotopic (exact) mass is 334 g/mol. The first-order chi connectivity index (χ1) is 11.4. The summed E-state index contributed by atoms with van der Waals surface area (Å²) in [6.07, 6.45) is 7.04. The second kappa shape index (κ2) is 7.17. The molecule has 0 radical (unpaired) electrons. The number of rotatable bonds is 6. The van der Waals surface area contributed by atoms with Gasteiger partial charge in [-0.2, -0.15) is 0 Å². The molecular formula is C20H34N2O2. The summed E-state index contributed by atoms with van der Waals surface area (Å²) in [4.78, 5) is 14.6. The fourth-order valence-electron chi connectivity index (χ4n) is 5.27. The molecule has 0 spiro atoms. The minimum Gasteiger partial charge on any atom is -0.462 e. The van der Waals surface area contributed by atoms with Crippen LogP contribution in [0.25, 0.3) is 0 Å². The number of esters is 1. The molecular weight excluding hydrogens is 300 g/mol. The molecule has 4 heteroatoms. The molecule has 2 aliphatic carbocycles. The quantitative estimate of drug-likeness (QED) is 0.461. The zero-order chi connectivity index (χ0) is 17.3. The fourth-order valence-corrected chi connectivity index (χ4v) is 5.27. The zero-order valence-electron chi connectivity index (χ0n) is 15.6. The van der Waals surface area contributed by atoms with Crippen molar-refractivity contribution in [2.45, 2.75) is 51.6 Å². The second-order valence-electron chi connectivity index (χ2n) is 8.76. The fraction of sp³-hybridized carbons (Fsp3) is 0.850. The number of allylic oxidation sites excluding steroid dienone is 1. The molecule has 24 heavy (non-hydrogen) atoms. The van der Waals surface area contributed by atoms with Crippen molar-refractivity contribution < 1.29 is 9.53 Å². The van der Waals surface area contributed by atoms with Crippen molar-refractivity contribution in [3.05, 3.63) is 12.2 Å². The van der Waals surface area contributed by atoms with Crippen LogP contribution in [0.4, 0.5) is 0 Å². The Morgan fingerprint density at radius 2 is 2.21 bits per heavy atom. The molecule has 3 rings (SSSR count). The Kier molecular flexibility index (Phi) is 5.36. The van der Waals surface area contributed by atoms with Crippen molar-refractivity contribution in [1.29, 1.82) is 0 Å². The van der Waals surface area contributed by atoms with E-state index in [-0.39, 0.29) is 18.0 Å². The first-order valence-electron chi connectivity index (χ1n) is 9.64. The molecule has 1 N–H and O–H groups in total. The van der Waals surface area contributed by atoms with Gasteiger partial charge in [0, 0.05) is 12.5 Å². The Bertz CT molecular complexity index is 490. The molecule has 0 aromatic heterocycles. The molecule has 3 fully saturated rings. The minimum absolute atomic E-state index is 0.0259. The molecule has 3 aliphatic rings. The van der Waals surface area contributed by atoms with Gasteiger partial charge in [-0.3, -0.25) is 4.79 Å². The maximum absolute atomic E-state index is 12.4. The summed E-state index contributed by atoms with van der Waals surface area (Å²) >= 11 is 0. The molecule has 136 valence electrons. The van der Waals surface area contributed by atoms with Crippen molar-refractivity contribution in [3.8, 4) is 0 Å². The highest BCUT2D eigenvalue weighted by Crippen LogP contribution is 2.56. The van der Waals surface area contributed by atoms with E-state index < -0.39 is 0 Å². The highest BCUT2D eigenvalue weighted by Gasteiger charge is 2.54. The van der Waals surface area contributed by atoms with Gasteiger partial charge in [0.1, 0.15) is 6.10 Å². The van der Waals surface area contributed by atoms with Crippen LogP contribution < -0.4 is 5.32 Å². The predicted molar refractivity (Wildman–Crippen MR) is 96.7 cm³/mol. The lowest BCUT2D eigenvalue weighted by Crippen LogP contribution is -2.45. The van der Waals surface area contributed by atoms with Crippen LogP contribution in [0.2, 0.25) is 0 Å². The summed E-state index contributed by atoms with van der Waals surface area (Å²) in [5, 5.41) is 3.49. The lowest BCUT2D eigenvalue weighted by Gasteiger charge is -2.50. The number of hydrogen-bond acceptors (Lipinski definition) is 4. The standard InChI is InChI=1S/C20H34N2O2/c1-14-7-5-8-20(2)12-18-15(11-17(14)20)16(19(23)24-18)13-21-9-6-10-22(3)4/h15-18,21H,1,5-13H2,2-4H3/t15-,16+,17+,18-,20-/m1/s1. The van der Waals surface area contributed by atoms with Gasteiger partial charge in [0.2, 0.25) is 0 Å². The molecule has 0 aromatic carbocycles. The Labute approximate surface area is 147 Å². The van der Waals surface area contributed by atoms with Gasteiger partial charge in [-0.1, -0.05) is 19.1 Å². The largest absolute Gasteiger partial charge is 0.462 e. The molecule has 5 atom stereocenters. The van der Waals surface area contributed by atoms with Crippen molar-refractivity contribution in [2.75, 3.05) is 33.7 Å². The van der Waals surface area contributed by atoms with Gasteiger partial charge in [0.05, 0.1) is 5.92 Å². The van der Waals surface area contributed by atoms with Crippen molar-refractivity contribution in [2.24, 2.45) is 23.2 Å². The van der Waals surface area contributed by atoms with Gasteiger partial charge in [0.25, 0.3) is 0 Å². The van der Waals surface area contributed by atoms with Crippen LogP contribution in [0.5, 0.6) is 0 Å². The molecule has 4 nitrogen and oxygen atoms in total. The average Bonchev–Trinajstić information content (AvgIpc) is 2.79. The van der Waals surface area contributed by atoms with Crippen LogP contribution in [0.1, 0.15) is 45.4 Å². The van der Waals surface area contributed by atoms with Crippen LogP contribution >= 0.6 is 0 Å². The summed E-state index contributed by atoms with van der Waals surface area (Å²) in [5.41, 5.74) is 1.71. The summed E-state index contributed by atoms with van der Waals surface area (Å²) in [6, 6.07) is 0. The third-order valence-corrected chi connectivity index (χ3v) is 6.64. The highest BCUT2D eigenvalue weighted by molar-refractivity contribution is 5.75. The van der Waals surface area contributed by atoms with Crippen LogP contribution in [0, 0.1) is 23.2 Å². The van der Waals surface area contributed by atoms with E-state index in [0.717, 1.165) is 38.9 Å². The molecule has 0 bridgehead atoms. The van der Waals surface area contributed by atoms with E-state index in [0.29, 0.717) is 17.3 Å². The van der Waals surface area contributed by atoms with E-state index in [9.17, 15) is 4.79 Å². The second-order valence-corrected chi connectivity index (χ2v) is 8.76. The third kappa shape index (κ3) is 3.55. The lowest BCUT2D eigenvalue weighted by atomic mass is 9.55. The van der Waals surface area contributed by atoms with E-state index in [2.05, 4.69) is 37.8 Å². The normalized spacial score (nSPS) is 38.8. The Balaban J connectivity index is 1.58. The Morgan fingerprint density at radius 1 is 1.42 bits per heavy atom. The third-order valence-electron chi connectivity index (χ3n) is 6.64. The summed E-state index contributed by atoms with van der Waals surface area (Å²) in [5.74, 6) is 1.02. The van der Waals surface area contributed by atoms with Gasteiger partial charge in [-0.15, -0.1) is 0 Å². The summed E-state index contributed by atoms with van der Waals surface area (Å²) in [6.45, 7) is 9.56. The van der Waals surface area contributed by atoms with Crippen LogP contribution in [0.3, 0.4) is 0 Å². The number of hydrogen-bond donors (Lipinski definition) is 1. The van der Waals surface area contributed by atoms with E-state index in [1.807, 2.05) is 0 Å². The molecule has 0 unspecified atom stereocenters. The molecule has 1 aliphatic heterocycles. The molecule has 2 saturated carbocycles. The highest BCUT2D eigenvalue weighted by atomic mass is 16.6. The molecule has 1 saturated heterocycles. The first-order valence-corrected chi connectivity index (χ1v) is 9.64. The predicted octanol–water partition coefficient (Wildman–Crippen LogP) is 2.84. The van der Waals surface area contributed by atoms with Crippen molar-refractivity contribution in [1.82, 2.24) is 10.2 Å². The summed E-state index contributed by atoms with van der Waals surface area (Å²) < 4.78 is 5.81. The van der Waals surface area contributed by atoms with Crippen LogP contribution in [-0.4, -0.2) is 50.7 Å². The zero-order valence-corrected chi connectivity index (χ0v) is 15.6.